The van der Waals surface area contributed by atoms with E-state index in [-0.39, 0.29) is 5.91 Å². The Labute approximate surface area is 101 Å². The number of nitrogens with two attached hydrogens (primary N) is 1. The smallest absolute Gasteiger partial charge is 0.292 e. The van der Waals surface area contributed by atoms with Crippen LogP contribution in [0.5, 0.6) is 0 Å². The molecule has 1 amide bonds. The number of hydrogen-bond acceptors (Lipinski definition) is 4. The lowest BCUT2D eigenvalue weighted by Gasteiger charge is -2.31. The minimum Gasteiger partial charge on any atom is -0.351 e. The van der Waals surface area contributed by atoms with E-state index in [9.17, 15) is 4.79 Å². The highest BCUT2D eigenvalue weighted by Gasteiger charge is 2.26. The van der Waals surface area contributed by atoms with Crippen LogP contribution in [0.1, 0.15) is 35.5 Å². The van der Waals surface area contributed by atoms with Gasteiger partial charge >= 0.3 is 0 Å². The van der Waals surface area contributed by atoms with E-state index < -0.39 is 0 Å². The average molecular weight is 237 g/mol. The largest absolute Gasteiger partial charge is 0.351 e. The number of carbonyl (C=O) groups excluding carboxylic acids is 1. The van der Waals surface area contributed by atoms with E-state index in [0.29, 0.717) is 18.2 Å². The number of likely N-dealkylation sites (tertiary alicyclic amines) is 1. The molecule has 94 valence electrons. The van der Waals surface area contributed by atoms with Crippen LogP contribution in [0.15, 0.2) is 10.6 Å². The van der Waals surface area contributed by atoms with Gasteiger partial charge in [0.05, 0.1) is 5.69 Å². The van der Waals surface area contributed by atoms with Crippen molar-refractivity contribution in [2.75, 3.05) is 19.6 Å². The van der Waals surface area contributed by atoms with Gasteiger partial charge in [-0.1, -0.05) is 5.16 Å². The lowest BCUT2D eigenvalue weighted by Crippen LogP contribution is -2.40. The predicted molar refractivity (Wildman–Crippen MR) is 63.5 cm³/mol. The first-order chi connectivity index (χ1) is 8.20. The molecule has 17 heavy (non-hydrogen) atoms. The summed E-state index contributed by atoms with van der Waals surface area (Å²) in [7, 11) is 0. The molecule has 1 aliphatic heterocycles. The van der Waals surface area contributed by atoms with E-state index in [2.05, 4.69) is 5.16 Å². The molecule has 0 aromatic carbocycles. The summed E-state index contributed by atoms with van der Waals surface area (Å²) < 4.78 is 5.01. The second-order valence-electron chi connectivity index (χ2n) is 4.67. The maximum absolute atomic E-state index is 12.1. The Balaban J connectivity index is 1.99. The van der Waals surface area contributed by atoms with Gasteiger partial charge in [-0.15, -0.1) is 0 Å². The van der Waals surface area contributed by atoms with Crippen molar-refractivity contribution >= 4 is 5.91 Å². The molecule has 0 spiro atoms. The van der Waals surface area contributed by atoms with Crippen LogP contribution in [0, 0.1) is 12.8 Å². The molecule has 1 aromatic rings. The topological polar surface area (TPSA) is 72.4 Å². The lowest BCUT2D eigenvalue weighted by atomic mass is 9.95. The van der Waals surface area contributed by atoms with Gasteiger partial charge in [0.1, 0.15) is 0 Å². The van der Waals surface area contributed by atoms with Crippen molar-refractivity contribution in [1.29, 1.82) is 0 Å². The van der Waals surface area contributed by atoms with Crippen molar-refractivity contribution in [3.05, 3.63) is 17.5 Å². The summed E-state index contributed by atoms with van der Waals surface area (Å²) in [5, 5.41) is 3.75. The quantitative estimate of drug-likeness (QED) is 0.857. The van der Waals surface area contributed by atoms with Crippen LogP contribution in [0.2, 0.25) is 0 Å². The standard InChI is InChI=1S/C12H19N3O2/c1-9-7-11(17-14-9)12(16)15-6-2-3-10(8-15)4-5-13/h7,10H,2-6,8,13H2,1H3. The first-order valence-corrected chi connectivity index (χ1v) is 6.13. The molecule has 0 saturated carbocycles. The molecule has 1 fully saturated rings. The number of piperidine rings is 1. The number of aromatic nitrogens is 1. The highest BCUT2D eigenvalue weighted by atomic mass is 16.5. The van der Waals surface area contributed by atoms with Crippen molar-refractivity contribution < 1.29 is 9.32 Å². The van der Waals surface area contributed by atoms with Crippen LogP contribution in [-0.4, -0.2) is 35.6 Å². The fourth-order valence-electron chi connectivity index (χ4n) is 2.34. The molecular weight excluding hydrogens is 218 g/mol. The zero-order chi connectivity index (χ0) is 12.3. The van der Waals surface area contributed by atoms with Gasteiger partial charge in [0, 0.05) is 19.2 Å². The molecule has 0 radical (unpaired) electrons. The molecule has 2 rings (SSSR count). The highest BCUT2D eigenvalue weighted by molar-refractivity contribution is 5.91. The SMILES string of the molecule is Cc1cc(C(=O)N2CCCC(CCN)C2)on1. The fraction of sp³-hybridized carbons (Fsp3) is 0.667. The van der Waals surface area contributed by atoms with Gasteiger partial charge in [0.15, 0.2) is 0 Å². The van der Waals surface area contributed by atoms with Crippen molar-refractivity contribution in [3.63, 3.8) is 0 Å². The van der Waals surface area contributed by atoms with Crippen molar-refractivity contribution in [2.45, 2.75) is 26.2 Å². The zero-order valence-corrected chi connectivity index (χ0v) is 10.2. The number of rotatable bonds is 3. The van der Waals surface area contributed by atoms with Gasteiger partial charge in [-0.2, -0.15) is 0 Å². The van der Waals surface area contributed by atoms with E-state index in [1.807, 2.05) is 11.8 Å². The van der Waals surface area contributed by atoms with E-state index in [4.69, 9.17) is 10.3 Å². The molecule has 5 nitrogen and oxygen atoms in total. The molecule has 1 aliphatic rings. The number of aryl methyl sites for hydroxylation is 1. The summed E-state index contributed by atoms with van der Waals surface area (Å²) in [6.45, 7) is 4.09. The molecule has 1 saturated heterocycles. The van der Waals surface area contributed by atoms with Gasteiger partial charge in [-0.3, -0.25) is 4.79 Å². The van der Waals surface area contributed by atoms with E-state index in [1.165, 1.54) is 0 Å². The van der Waals surface area contributed by atoms with Crippen LogP contribution in [0.3, 0.4) is 0 Å². The number of amides is 1. The maximum Gasteiger partial charge on any atom is 0.292 e. The summed E-state index contributed by atoms with van der Waals surface area (Å²) in [4.78, 5) is 14.0. The number of carbonyl (C=O) groups is 1. The van der Waals surface area contributed by atoms with Crippen LogP contribution in [-0.2, 0) is 0 Å². The van der Waals surface area contributed by atoms with E-state index in [0.717, 1.165) is 38.0 Å². The summed E-state index contributed by atoms with van der Waals surface area (Å²) in [6.07, 6.45) is 3.19. The Kier molecular flexibility index (Phi) is 3.78. The maximum atomic E-state index is 12.1. The van der Waals surface area contributed by atoms with E-state index >= 15 is 0 Å². The average Bonchev–Trinajstić information content (AvgIpc) is 2.76. The Morgan fingerprint density at radius 3 is 3.18 bits per heavy atom. The molecule has 5 heteroatoms. The van der Waals surface area contributed by atoms with Gasteiger partial charge in [0.25, 0.3) is 5.91 Å². The molecule has 2 N–H and O–H groups in total. The van der Waals surface area contributed by atoms with Gasteiger partial charge in [-0.05, 0) is 38.6 Å². The second kappa shape index (κ2) is 5.31. The Hall–Kier alpha value is -1.36. The number of nitrogens with zero attached hydrogens (tertiary/aromatic N) is 2. The Morgan fingerprint density at radius 2 is 2.53 bits per heavy atom. The third-order valence-corrected chi connectivity index (χ3v) is 3.22. The summed E-state index contributed by atoms with van der Waals surface area (Å²) in [5.74, 6) is 0.824. The molecule has 1 aromatic heterocycles. The predicted octanol–water partition coefficient (Wildman–Crippen LogP) is 1.18. The molecule has 1 atom stereocenters. The van der Waals surface area contributed by atoms with Gasteiger partial charge in [-0.25, -0.2) is 0 Å². The third kappa shape index (κ3) is 2.85. The molecule has 1 unspecified atom stereocenters. The minimum atomic E-state index is -0.0488. The van der Waals surface area contributed by atoms with Crippen LogP contribution >= 0.6 is 0 Å². The van der Waals surface area contributed by atoms with Crippen LogP contribution in [0.4, 0.5) is 0 Å². The van der Waals surface area contributed by atoms with Crippen molar-refractivity contribution in [2.24, 2.45) is 11.7 Å². The molecule has 0 bridgehead atoms. The van der Waals surface area contributed by atoms with Gasteiger partial charge < -0.3 is 15.2 Å². The summed E-state index contributed by atoms with van der Waals surface area (Å²) in [6, 6.07) is 1.69. The first kappa shape index (κ1) is 12.1. The van der Waals surface area contributed by atoms with Crippen molar-refractivity contribution in [3.8, 4) is 0 Å². The zero-order valence-electron chi connectivity index (χ0n) is 10.2. The Morgan fingerprint density at radius 1 is 1.71 bits per heavy atom. The molecule has 2 heterocycles. The minimum absolute atomic E-state index is 0.0488. The third-order valence-electron chi connectivity index (χ3n) is 3.22. The number of hydrogen-bond donors (Lipinski definition) is 1. The Bertz CT molecular complexity index is 387. The van der Waals surface area contributed by atoms with Gasteiger partial charge in [0.2, 0.25) is 5.76 Å². The van der Waals surface area contributed by atoms with Crippen LogP contribution in [0.25, 0.3) is 0 Å². The summed E-state index contributed by atoms with van der Waals surface area (Å²) in [5.41, 5.74) is 6.30. The first-order valence-electron chi connectivity index (χ1n) is 6.13. The van der Waals surface area contributed by atoms with E-state index in [1.54, 1.807) is 6.07 Å². The lowest BCUT2D eigenvalue weighted by molar-refractivity contribution is 0.0628. The molecule has 0 aliphatic carbocycles. The monoisotopic (exact) mass is 237 g/mol. The van der Waals surface area contributed by atoms with Crippen LogP contribution < -0.4 is 5.73 Å². The van der Waals surface area contributed by atoms with Crippen molar-refractivity contribution in [1.82, 2.24) is 10.1 Å². The molecular formula is C12H19N3O2. The highest BCUT2D eigenvalue weighted by Crippen LogP contribution is 2.20. The summed E-state index contributed by atoms with van der Waals surface area (Å²) >= 11 is 0. The fourth-order valence-corrected chi connectivity index (χ4v) is 2.34. The normalized spacial score (nSPS) is 20.6. The second-order valence-corrected chi connectivity index (χ2v) is 4.67.